The largest absolute Gasteiger partial charge is 0.379 e. The van der Waals surface area contributed by atoms with E-state index in [-0.39, 0.29) is 5.82 Å². The first-order chi connectivity index (χ1) is 5.77. The maximum Gasteiger partial charge on any atom is 0.147 e. The SMILES string of the molecule is Fc1cccc(Cl)c1NC1CC1. The molecular formula is C9H9ClFN. The van der Waals surface area contributed by atoms with E-state index < -0.39 is 0 Å². The summed E-state index contributed by atoms with van der Waals surface area (Å²) in [5, 5.41) is 3.51. The molecule has 0 atom stereocenters. The molecule has 0 saturated heterocycles. The van der Waals surface area contributed by atoms with Crippen molar-refractivity contribution >= 4 is 17.3 Å². The highest BCUT2D eigenvalue weighted by Crippen LogP contribution is 2.30. The molecule has 1 nitrogen and oxygen atoms in total. The third-order valence-electron chi connectivity index (χ3n) is 1.89. The molecular weight excluding hydrogens is 177 g/mol. The summed E-state index contributed by atoms with van der Waals surface area (Å²) in [5.74, 6) is -0.269. The van der Waals surface area contributed by atoms with Crippen LogP contribution in [0.1, 0.15) is 12.8 Å². The Morgan fingerprint density at radius 1 is 1.42 bits per heavy atom. The first kappa shape index (κ1) is 7.87. The van der Waals surface area contributed by atoms with E-state index in [2.05, 4.69) is 5.32 Å². The molecule has 12 heavy (non-hydrogen) atoms. The fourth-order valence-corrected chi connectivity index (χ4v) is 1.29. The van der Waals surface area contributed by atoms with Gasteiger partial charge in [-0.3, -0.25) is 0 Å². The van der Waals surface area contributed by atoms with Gasteiger partial charge in [-0.2, -0.15) is 0 Å². The van der Waals surface area contributed by atoms with Gasteiger partial charge >= 0.3 is 0 Å². The minimum absolute atomic E-state index is 0.269. The van der Waals surface area contributed by atoms with Crippen LogP contribution in [0.5, 0.6) is 0 Å². The Hall–Kier alpha value is -0.760. The van der Waals surface area contributed by atoms with E-state index in [1.807, 2.05) is 0 Å². The van der Waals surface area contributed by atoms with Crippen LogP contribution < -0.4 is 5.32 Å². The molecule has 1 aliphatic rings. The van der Waals surface area contributed by atoms with E-state index in [1.54, 1.807) is 12.1 Å². The molecule has 1 fully saturated rings. The first-order valence-electron chi connectivity index (χ1n) is 3.98. The van der Waals surface area contributed by atoms with Crippen LogP contribution >= 0.6 is 11.6 Å². The van der Waals surface area contributed by atoms with Crippen LogP contribution in [-0.4, -0.2) is 6.04 Å². The Kier molecular flexibility index (Phi) is 1.93. The van der Waals surface area contributed by atoms with E-state index in [9.17, 15) is 4.39 Å². The van der Waals surface area contributed by atoms with Crippen LogP contribution in [0.2, 0.25) is 5.02 Å². The number of rotatable bonds is 2. The Morgan fingerprint density at radius 2 is 2.17 bits per heavy atom. The fourth-order valence-electron chi connectivity index (χ4n) is 1.07. The van der Waals surface area contributed by atoms with E-state index >= 15 is 0 Å². The monoisotopic (exact) mass is 185 g/mol. The molecule has 0 bridgehead atoms. The molecule has 1 aromatic rings. The predicted octanol–water partition coefficient (Wildman–Crippen LogP) is 3.05. The third-order valence-corrected chi connectivity index (χ3v) is 2.20. The summed E-state index contributed by atoms with van der Waals surface area (Å²) in [6, 6.07) is 5.14. The number of hydrogen-bond acceptors (Lipinski definition) is 1. The van der Waals surface area contributed by atoms with Gasteiger partial charge in [0.2, 0.25) is 0 Å². The van der Waals surface area contributed by atoms with Gasteiger partial charge in [-0.1, -0.05) is 17.7 Å². The molecule has 1 saturated carbocycles. The van der Waals surface area contributed by atoms with E-state index in [0.717, 1.165) is 12.8 Å². The van der Waals surface area contributed by atoms with Gasteiger partial charge in [-0.05, 0) is 25.0 Å². The smallest absolute Gasteiger partial charge is 0.147 e. The molecule has 0 aliphatic heterocycles. The van der Waals surface area contributed by atoms with Crippen molar-refractivity contribution in [3.8, 4) is 0 Å². The number of benzene rings is 1. The van der Waals surface area contributed by atoms with Crippen LogP contribution in [0.25, 0.3) is 0 Å². The number of para-hydroxylation sites is 1. The highest BCUT2D eigenvalue weighted by Gasteiger charge is 2.22. The molecule has 2 rings (SSSR count). The lowest BCUT2D eigenvalue weighted by atomic mass is 10.3. The minimum Gasteiger partial charge on any atom is -0.379 e. The summed E-state index contributed by atoms with van der Waals surface area (Å²) in [7, 11) is 0. The fraction of sp³-hybridized carbons (Fsp3) is 0.333. The normalized spacial score (nSPS) is 16.2. The second-order valence-corrected chi connectivity index (χ2v) is 3.42. The summed E-state index contributed by atoms with van der Waals surface area (Å²) in [5.41, 5.74) is 0.446. The average molecular weight is 186 g/mol. The third kappa shape index (κ3) is 1.53. The zero-order valence-electron chi connectivity index (χ0n) is 6.48. The van der Waals surface area contributed by atoms with Crippen molar-refractivity contribution in [2.75, 3.05) is 5.32 Å². The van der Waals surface area contributed by atoms with Gasteiger partial charge in [0, 0.05) is 6.04 Å². The van der Waals surface area contributed by atoms with Gasteiger partial charge in [0.15, 0.2) is 0 Å². The van der Waals surface area contributed by atoms with Gasteiger partial charge in [0.05, 0.1) is 10.7 Å². The Labute approximate surface area is 75.5 Å². The van der Waals surface area contributed by atoms with Gasteiger partial charge < -0.3 is 5.32 Å². The number of hydrogen-bond donors (Lipinski definition) is 1. The lowest BCUT2D eigenvalue weighted by Crippen LogP contribution is -2.03. The number of halogens is 2. The zero-order valence-corrected chi connectivity index (χ0v) is 7.24. The molecule has 0 aromatic heterocycles. The van der Waals surface area contributed by atoms with Crippen molar-refractivity contribution in [1.29, 1.82) is 0 Å². The molecule has 0 amide bonds. The highest BCUT2D eigenvalue weighted by molar-refractivity contribution is 6.33. The van der Waals surface area contributed by atoms with Gasteiger partial charge in [-0.15, -0.1) is 0 Å². The molecule has 64 valence electrons. The summed E-state index contributed by atoms with van der Waals surface area (Å²) in [4.78, 5) is 0. The van der Waals surface area contributed by atoms with Gasteiger partial charge in [0.1, 0.15) is 5.82 Å². The van der Waals surface area contributed by atoms with Crippen molar-refractivity contribution in [3.63, 3.8) is 0 Å². The molecule has 1 aromatic carbocycles. The Morgan fingerprint density at radius 3 is 2.75 bits per heavy atom. The van der Waals surface area contributed by atoms with Crippen LogP contribution in [0.3, 0.4) is 0 Å². The first-order valence-corrected chi connectivity index (χ1v) is 4.36. The molecule has 1 N–H and O–H groups in total. The van der Waals surface area contributed by atoms with Crippen LogP contribution in [-0.2, 0) is 0 Å². The van der Waals surface area contributed by atoms with Crippen molar-refractivity contribution in [1.82, 2.24) is 0 Å². The second-order valence-electron chi connectivity index (χ2n) is 3.02. The summed E-state index contributed by atoms with van der Waals surface area (Å²) < 4.78 is 13.1. The highest BCUT2D eigenvalue weighted by atomic mass is 35.5. The maximum atomic E-state index is 13.1. The van der Waals surface area contributed by atoms with Crippen LogP contribution in [0, 0.1) is 5.82 Å². The molecule has 0 radical (unpaired) electrons. The van der Waals surface area contributed by atoms with Crippen LogP contribution in [0.15, 0.2) is 18.2 Å². The summed E-state index contributed by atoms with van der Waals surface area (Å²) in [6.07, 6.45) is 2.23. The van der Waals surface area contributed by atoms with Crippen molar-refractivity contribution in [2.45, 2.75) is 18.9 Å². The lowest BCUT2D eigenvalue weighted by molar-refractivity contribution is 0.630. The Bertz CT molecular complexity index is 276. The number of nitrogens with one attached hydrogen (secondary N) is 1. The quantitative estimate of drug-likeness (QED) is 0.747. The average Bonchev–Trinajstić information content (AvgIpc) is 2.80. The summed E-state index contributed by atoms with van der Waals surface area (Å²) in [6.45, 7) is 0. The summed E-state index contributed by atoms with van der Waals surface area (Å²) >= 11 is 5.80. The minimum atomic E-state index is -0.269. The van der Waals surface area contributed by atoms with E-state index in [4.69, 9.17) is 11.6 Å². The van der Waals surface area contributed by atoms with Crippen molar-refractivity contribution < 1.29 is 4.39 Å². The molecule has 0 spiro atoms. The molecule has 3 heteroatoms. The molecule has 0 unspecified atom stereocenters. The maximum absolute atomic E-state index is 13.1. The van der Waals surface area contributed by atoms with Crippen molar-refractivity contribution in [2.24, 2.45) is 0 Å². The van der Waals surface area contributed by atoms with Crippen LogP contribution in [0.4, 0.5) is 10.1 Å². The topological polar surface area (TPSA) is 12.0 Å². The van der Waals surface area contributed by atoms with Crippen molar-refractivity contribution in [3.05, 3.63) is 29.0 Å². The lowest BCUT2D eigenvalue weighted by Gasteiger charge is -2.06. The van der Waals surface area contributed by atoms with E-state index in [0.29, 0.717) is 16.8 Å². The van der Waals surface area contributed by atoms with Gasteiger partial charge in [0.25, 0.3) is 0 Å². The standard InChI is InChI=1S/C9H9ClFN/c10-7-2-1-3-8(11)9(7)12-6-4-5-6/h1-3,6,12H,4-5H2. The molecule has 1 aliphatic carbocycles. The Balaban J connectivity index is 2.26. The zero-order chi connectivity index (χ0) is 8.55. The van der Waals surface area contributed by atoms with Gasteiger partial charge in [-0.25, -0.2) is 4.39 Å². The second kappa shape index (κ2) is 2.94. The number of anilines is 1. The predicted molar refractivity (Wildman–Crippen MR) is 48.1 cm³/mol. The van der Waals surface area contributed by atoms with E-state index in [1.165, 1.54) is 6.07 Å². The molecule has 0 heterocycles.